The number of amides is 2. The molecule has 0 spiro atoms. The van der Waals surface area contributed by atoms with E-state index >= 15 is 0 Å². The van der Waals surface area contributed by atoms with Crippen LogP contribution in [-0.2, 0) is 16.8 Å². The van der Waals surface area contributed by atoms with Crippen molar-refractivity contribution in [1.29, 1.82) is 0 Å². The molecule has 3 aromatic rings. The highest BCUT2D eigenvalue weighted by molar-refractivity contribution is 6.33. The van der Waals surface area contributed by atoms with Crippen molar-refractivity contribution in [2.24, 2.45) is 0 Å². The van der Waals surface area contributed by atoms with E-state index in [1.165, 1.54) is 0 Å². The van der Waals surface area contributed by atoms with Gasteiger partial charge in [-0.3, -0.25) is 9.59 Å². The Bertz CT molecular complexity index is 1440. The van der Waals surface area contributed by atoms with Gasteiger partial charge in [0.25, 0.3) is 5.91 Å². The molecule has 0 aliphatic carbocycles. The predicted octanol–water partition coefficient (Wildman–Crippen LogP) is 6.88. The number of carbonyl (C=O) groups excluding carboxylic acids is 2. The fourth-order valence-electron chi connectivity index (χ4n) is 5.82. The topological polar surface area (TPSA) is 59.1 Å². The highest BCUT2D eigenvalue weighted by Crippen LogP contribution is 2.49. The second-order valence-corrected chi connectivity index (χ2v) is 11.2. The summed E-state index contributed by atoms with van der Waals surface area (Å²) in [5.41, 5.74) is 2.26. The maximum atomic E-state index is 14.4. The van der Waals surface area contributed by atoms with Crippen molar-refractivity contribution in [3.8, 4) is 11.5 Å². The number of carbonyl (C=O) groups is 2. The monoisotopic (exact) mass is 566 g/mol. The van der Waals surface area contributed by atoms with Gasteiger partial charge in [-0.2, -0.15) is 0 Å². The minimum absolute atomic E-state index is 0.0414. The minimum Gasteiger partial charge on any atom is -0.497 e. The quantitative estimate of drug-likeness (QED) is 0.326. The number of nitrogens with zero attached hydrogens (tertiary/aromatic N) is 2. The van der Waals surface area contributed by atoms with E-state index in [0.29, 0.717) is 32.7 Å². The molecule has 0 N–H and O–H groups in total. The highest BCUT2D eigenvalue weighted by Gasteiger charge is 2.50. The molecule has 0 aromatic heterocycles. The van der Waals surface area contributed by atoms with E-state index in [4.69, 9.17) is 32.7 Å². The Morgan fingerprint density at radius 1 is 1.00 bits per heavy atom. The number of methoxy groups -OCH3 is 2. The Kier molecular flexibility index (Phi) is 7.53. The van der Waals surface area contributed by atoms with Gasteiger partial charge >= 0.3 is 0 Å². The van der Waals surface area contributed by atoms with Crippen LogP contribution in [0.25, 0.3) is 0 Å². The number of benzene rings is 3. The summed E-state index contributed by atoms with van der Waals surface area (Å²) in [6.45, 7) is 4.94. The van der Waals surface area contributed by atoms with Gasteiger partial charge in [0.2, 0.25) is 5.91 Å². The lowest BCUT2D eigenvalue weighted by Crippen LogP contribution is -2.42. The number of halogens is 2. The summed E-state index contributed by atoms with van der Waals surface area (Å²) >= 11 is 13.2. The summed E-state index contributed by atoms with van der Waals surface area (Å²) in [4.78, 5) is 31.6. The maximum absolute atomic E-state index is 14.4. The Morgan fingerprint density at radius 3 is 2.51 bits per heavy atom. The summed E-state index contributed by atoms with van der Waals surface area (Å²) in [6.07, 6.45) is 3.09. The van der Waals surface area contributed by atoms with Crippen LogP contribution in [0.1, 0.15) is 60.2 Å². The normalized spacial score (nSPS) is 20.7. The van der Waals surface area contributed by atoms with Crippen LogP contribution in [0.5, 0.6) is 11.5 Å². The number of likely N-dealkylation sites (tertiary alicyclic amines) is 1. The molecule has 1 unspecified atom stereocenters. The average molecular weight is 568 g/mol. The number of hydrogen-bond donors (Lipinski definition) is 0. The highest BCUT2D eigenvalue weighted by atomic mass is 35.5. The third-order valence-corrected chi connectivity index (χ3v) is 8.66. The zero-order valence-corrected chi connectivity index (χ0v) is 24.1. The SMILES string of the molecule is COc1ccc(CN2C(=O)C(C)(c3cc(C(=O)N4CCCC[C@@H]4C)ccc3Cl)c3cc(Cl)ccc32)c(OC)c1. The van der Waals surface area contributed by atoms with Gasteiger partial charge in [-0.15, -0.1) is 0 Å². The molecule has 1 saturated heterocycles. The molecule has 2 atom stereocenters. The molecule has 204 valence electrons. The third kappa shape index (κ3) is 4.74. The summed E-state index contributed by atoms with van der Waals surface area (Å²) in [5, 5.41) is 0.936. The second-order valence-electron chi connectivity index (χ2n) is 10.4. The predicted molar refractivity (Wildman–Crippen MR) is 154 cm³/mol. The molecule has 2 aliphatic heterocycles. The lowest BCUT2D eigenvalue weighted by atomic mass is 9.76. The van der Waals surface area contributed by atoms with Gasteiger partial charge in [0.15, 0.2) is 0 Å². The van der Waals surface area contributed by atoms with Crippen molar-refractivity contribution in [3.05, 3.63) is 86.9 Å². The summed E-state index contributed by atoms with van der Waals surface area (Å²) in [6, 6.07) is 16.4. The number of piperidine rings is 1. The van der Waals surface area contributed by atoms with Crippen LogP contribution < -0.4 is 14.4 Å². The first kappa shape index (κ1) is 27.4. The molecule has 8 heteroatoms. The molecule has 2 heterocycles. The molecular formula is C31H32Cl2N2O4. The number of fused-ring (bicyclic) bond motifs is 1. The fourth-order valence-corrected chi connectivity index (χ4v) is 6.29. The molecule has 1 fully saturated rings. The molecule has 3 aromatic carbocycles. The molecule has 0 radical (unpaired) electrons. The van der Waals surface area contributed by atoms with Gasteiger partial charge in [-0.1, -0.05) is 23.2 Å². The number of hydrogen-bond acceptors (Lipinski definition) is 4. The first-order valence-corrected chi connectivity index (χ1v) is 13.9. The van der Waals surface area contributed by atoms with Crippen LogP contribution in [0.2, 0.25) is 10.0 Å². The Morgan fingerprint density at radius 2 is 1.79 bits per heavy atom. The standard InChI is InChI=1S/C31H32Cl2N2O4/c1-19-7-5-6-14-34(19)29(36)20-9-12-26(33)24(15-20)31(2)25-16-22(32)10-13-27(25)35(30(31)37)18-21-8-11-23(38-3)17-28(21)39-4/h8-13,15-17,19H,5-7,14,18H2,1-4H3/t19-,31?/m0/s1. The lowest BCUT2D eigenvalue weighted by Gasteiger charge is -2.34. The molecule has 2 aliphatic rings. The van der Waals surface area contributed by atoms with Crippen LogP contribution in [-0.4, -0.2) is 43.5 Å². The van der Waals surface area contributed by atoms with Crippen LogP contribution in [0, 0.1) is 0 Å². The molecule has 5 rings (SSSR count). The number of anilines is 1. The van der Waals surface area contributed by atoms with Crippen molar-refractivity contribution in [3.63, 3.8) is 0 Å². The summed E-state index contributed by atoms with van der Waals surface area (Å²) in [7, 11) is 3.19. The van der Waals surface area contributed by atoms with Crippen molar-refractivity contribution in [2.45, 2.75) is 51.1 Å². The van der Waals surface area contributed by atoms with Crippen molar-refractivity contribution < 1.29 is 19.1 Å². The first-order valence-electron chi connectivity index (χ1n) is 13.1. The van der Waals surface area contributed by atoms with Gasteiger partial charge < -0.3 is 19.3 Å². The zero-order chi connectivity index (χ0) is 27.9. The van der Waals surface area contributed by atoms with E-state index in [-0.39, 0.29) is 24.4 Å². The molecule has 2 amide bonds. The molecule has 39 heavy (non-hydrogen) atoms. The van der Waals surface area contributed by atoms with E-state index in [1.807, 2.05) is 36.1 Å². The molecule has 6 nitrogen and oxygen atoms in total. The Labute approximate surface area is 239 Å². The minimum atomic E-state index is -1.15. The van der Waals surface area contributed by atoms with Crippen LogP contribution in [0.4, 0.5) is 5.69 Å². The van der Waals surface area contributed by atoms with E-state index < -0.39 is 5.41 Å². The smallest absolute Gasteiger partial charge is 0.254 e. The molecular weight excluding hydrogens is 535 g/mol. The van der Waals surface area contributed by atoms with E-state index in [0.717, 1.165) is 42.6 Å². The number of rotatable bonds is 6. The average Bonchev–Trinajstić information content (AvgIpc) is 3.15. The van der Waals surface area contributed by atoms with Crippen LogP contribution in [0.3, 0.4) is 0 Å². The van der Waals surface area contributed by atoms with Crippen LogP contribution >= 0.6 is 23.2 Å². The van der Waals surface area contributed by atoms with E-state index in [2.05, 4.69) is 6.92 Å². The summed E-state index contributed by atoms with van der Waals surface area (Å²) < 4.78 is 10.9. The molecule has 0 bridgehead atoms. The second kappa shape index (κ2) is 10.7. The van der Waals surface area contributed by atoms with E-state index in [9.17, 15) is 9.59 Å². The van der Waals surface area contributed by atoms with Gasteiger partial charge in [0.1, 0.15) is 16.9 Å². The van der Waals surface area contributed by atoms with Crippen LogP contribution in [0.15, 0.2) is 54.6 Å². The number of ether oxygens (including phenoxy) is 2. The largest absolute Gasteiger partial charge is 0.497 e. The lowest BCUT2D eigenvalue weighted by molar-refractivity contribution is -0.121. The van der Waals surface area contributed by atoms with Crippen molar-refractivity contribution in [2.75, 3.05) is 25.7 Å². The first-order chi connectivity index (χ1) is 18.7. The van der Waals surface area contributed by atoms with Crippen molar-refractivity contribution in [1.82, 2.24) is 4.90 Å². The zero-order valence-electron chi connectivity index (χ0n) is 22.6. The Hall–Kier alpha value is -3.22. The maximum Gasteiger partial charge on any atom is 0.254 e. The van der Waals surface area contributed by atoms with Gasteiger partial charge in [-0.25, -0.2) is 0 Å². The van der Waals surface area contributed by atoms with Gasteiger partial charge in [-0.05, 0) is 92.8 Å². The van der Waals surface area contributed by atoms with Gasteiger partial charge in [0.05, 0.1) is 20.8 Å². The third-order valence-electron chi connectivity index (χ3n) is 8.10. The van der Waals surface area contributed by atoms with Gasteiger partial charge in [0, 0.05) is 45.5 Å². The summed E-state index contributed by atoms with van der Waals surface area (Å²) in [5.74, 6) is 1.08. The van der Waals surface area contributed by atoms with Crippen molar-refractivity contribution >= 4 is 40.7 Å². The van der Waals surface area contributed by atoms with E-state index in [1.54, 1.807) is 49.5 Å². The fraction of sp³-hybridized carbons (Fsp3) is 0.355. The Balaban J connectivity index is 1.58. The molecule has 0 saturated carbocycles.